The molecular weight excluding hydrogens is 479 g/mol. The topological polar surface area (TPSA) is 91.6 Å². The van der Waals surface area contributed by atoms with Crippen molar-refractivity contribution in [3.63, 3.8) is 0 Å². The van der Waals surface area contributed by atoms with E-state index in [2.05, 4.69) is 5.32 Å². The van der Waals surface area contributed by atoms with Gasteiger partial charge in [0, 0.05) is 11.8 Å². The lowest BCUT2D eigenvalue weighted by Crippen LogP contribution is -2.40. The van der Waals surface area contributed by atoms with Crippen molar-refractivity contribution in [3.05, 3.63) is 93.1 Å². The van der Waals surface area contributed by atoms with Crippen molar-refractivity contribution in [1.82, 2.24) is 9.13 Å². The summed E-state index contributed by atoms with van der Waals surface area (Å²) in [5.74, 6) is 0.214. The van der Waals surface area contributed by atoms with Gasteiger partial charge < -0.3 is 14.8 Å². The van der Waals surface area contributed by atoms with Crippen molar-refractivity contribution in [2.75, 3.05) is 19.5 Å². The number of fused-ring (bicyclic) bond motifs is 1. The van der Waals surface area contributed by atoms with Crippen molar-refractivity contribution in [2.45, 2.75) is 12.7 Å². The molecule has 11 heteroatoms. The van der Waals surface area contributed by atoms with Crippen LogP contribution in [0.4, 0.5) is 18.9 Å². The number of ether oxygens (including phenoxy) is 2. The normalized spacial score (nSPS) is 11.4. The van der Waals surface area contributed by atoms with Crippen LogP contribution in [0, 0.1) is 0 Å². The fraction of sp³-hybridized carbons (Fsp3) is 0.160. The number of hydrogen-bond donors (Lipinski definition) is 1. The van der Waals surface area contributed by atoms with Gasteiger partial charge in [-0.25, -0.2) is 9.36 Å². The van der Waals surface area contributed by atoms with Gasteiger partial charge in [-0.1, -0.05) is 18.2 Å². The molecule has 0 aliphatic rings. The predicted molar refractivity (Wildman–Crippen MR) is 127 cm³/mol. The molecule has 0 fully saturated rings. The fourth-order valence-corrected chi connectivity index (χ4v) is 3.78. The smallest absolute Gasteiger partial charge is 0.416 e. The Balaban J connectivity index is 1.79. The summed E-state index contributed by atoms with van der Waals surface area (Å²) in [7, 11) is 2.90. The molecule has 0 aliphatic carbocycles. The minimum Gasteiger partial charge on any atom is -0.493 e. The number of amides is 1. The van der Waals surface area contributed by atoms with Gasteiger partial charge in [0.05, 0.1) is 36.4 Å². The van der Waals surface area contributed by atoms with E-state index in [1.807, 2.05) is 0 Å². The minimum absolute atomic E-state index is 0.0634. The maximum atomic E-state index is 13.4. The van der Waals surface area contributed by atoms with Gasteiger partial charge in [0.1, 0.15) is 6.54 Å². The second kappa shape index (κ2) is 9.61. The highest BCUT2D eigenvalue weighted by Gasteiger charge is 2.31. The highest BCUT2D eigenvalue weighted by Crippen LogP contribution is 2.31. The van der Waals surface area contributed by atoms with Crippen LogP contribution in [0.3, 0.4) is 0 Å². The summed E-state index contributed by atoms with van der Waals surface area (Å²) in [5, 5.41) is 2.70. The number of carbonyl (C=O) groups excluding carboxylic acids is 1. The van der Waals surface area contributed by atoms with Crippen LogP contribution >= 0.6 is 0 Å². The van der Waals surface area contributed by atoms with Crippen LogP contribution in [0.1, 0.15) is 5.56 Å². The van der Waals surface area contributed by atoms with Crippen LogP contribution in [0.15, 0.2) is 76.3 Å². The van der Waals surface area contributed by atoms with Crippen molar-refractivity contribution >= 4 is 22.5 Å². The van der Waals surface area contributed by atoms with Gasteiger partial charge in [-0.3, -0.25) is 14.2 Å². The van der Waals surface area contributed by atoms with Crippen molar-refractivity contribution in [1.29, 1.82) is 0 Å². The van der Waals surface area contributed by atoms with E-state index in [1.54, 1.807) is 24.3 Å². The molecule has 4 aromatic rings. The SMILES string of the molecule is COc1ccc(NC(=O)Cn2c(=O)n(-c3cccc(C(F)(F)F)c3)c(=O)c3ccccc32)cc1OC. The molecule has 3 aromatic carbocycles. The number of nitrogens with one attached hydrogen (secondary N) is 1. The maximum absolute atomic E-state index is 13.4. The molecule has 36 heavy (non-hydrogen) atoms. The zero-order chi connectivity index (χ0) is 26.0. The summed E-state index contributed by atoms with van der Waals surface area (Å²) < 4.78 is 51.8. The average Bonchev–Trinajstić information content (AvgIpc) is 2.86. The first-order valence-corrected chi connectivity index (χ1v) is 10.6. The van der Waals surface area contributed by atoms with Gasteiger partial charge in [0.2, 0.25) is 5.91 Å². The van der Waals surface area contributed by atoms with Gasteiger partial charge in [0.15, 0.2) is 11.5 Å². The standard InChI is InChI=1S/C25H20F3N3O5/c1-35-20-11-10-16(13-21(20)36-2)29-22(32)14-30-19-9-4-3-8-18(19)23(33)31(24(30)34)17-7-5-6-15(12-17)25(26,27)28/h3-13H,14H2,1-2H3,(H,29,32). The Morgan fingerprint density at radius 3 is 2.33 bits per heavy atom. The minimum atomic E-state index is -4.67. The van der Waals surface area contributed by atoms with E-state index in [0.29, 0.717) is 27.8 Å². The molecule has 186 valence electrons. The Labute approximate surface area is 202 Å². The molecule has 0 radical (unpaired) electrons. The third kappa shape index (κ3) is 4.67. The lowest BCUT2D eigenvalue weighted by molar-refractivity contribution is -0.137. The number of aromatic nitrogens is 2. The first-order valence-electron chi connectivity index (χ1n) is 10.6. The summed E-state index contributed by atoms with van der Waals surface area (Å²) in [6.07, 6.45) is -4.67. The molecule has 1 heterocycles. The summed E-state index contributed by atoms with van der Waals surface area (Å²) in [6.45, 7) is -0.507. The number of hydrogen-bond acceptors (Lipinski definition) is 5. The van der Waals surface area contributed by atoms with Crippen molar-refractivity contribution in [2.24, 2.45) is 0 Å². The van der Waals surface area contributed by atoms with E-state index >= 15 is 0 Å². The Hall–Kier alpha value is -4.54. The zero-order valence-electron chi connectivity index (χ0n) is 19.1. The Bertz CT molecular complexity index is 1570. The van der Waals surface area contributed by atoms with Crippen molar-refractivity contribution < 1.29 is 27.4 Å². The number of methoxy groups -OCH3 is 2. The first-order chi connectivity index (χ1) is 17.1. The molecule has 0 spiro atoms. The number of carbonyl (C=O) groups is 1. The number of rotatable bonds is 6. The average molecular weight is 499 g/mol. The van der Waals surface area contributed by atoms with Gasteiger partial charge in [-0.2, -0.15) is 13.2 Å². The Morgan fingerprint density at radius 1 is 0.917 bits per heavy atom. The molecule has 0 saturated carbocycles. The number of halogens is 3. The molecule has 8 nitrogen and oxygen atoms in total. The van der Waals surface area contributed by atoms with Gasteiger partial charge in [-0.05, 0) is 42.5 Å². The van der Waals surface area contributed by atoms with E-state index in [0.717, 1.165) is 16.7 Å². The fourth-order valence-electron chi connectivity index (χ4n) is 3.78. The largest absolute Gasteiger partial charge is 0.493 e. The van der Waals surface area contributed by atoms with Gasteiger partial charge >= 0.3 is 11.9 Å². The molecule has 0 unspecified atom stereocenters. The van der Waals surface area contributed by atoms with Crippen molar-refractivity contribution in [3.8, 4) is 17.2 Å². The summed E-state index contributed by atoms with van der Waals surface area (Å²) in [6, 6.07) is 14.6. The van der Waals surface area contributed by atoms with E-state index in [-0.39, 0.29) is 16.6 Å². The zero-order valence-corrected chi connectivity index (χ0v) is 19.1. The molecule has 4 rings (SSSR count). The van der Waals surface area contributed by atoms with E-state index in [4.69, 9.17) is 9.47 Å². The molecule has 0 saturated heterocycles. The molecule has 0 aliphatic heterocycles. The van der Waals surface area contributed by atoms with Crippen LogP contribution in [-0.4, -0.2) is 29.3 Å². The third-order valence-electron chi connectivity index (χ3n) is 5.45. The van der Waals surface area contributed by atoms with E-state index in [9.17, 15) is 27.6 Å². The second-order valence-corrected chi connectivity index (χ2v) is 7.69. The maximum Gasteiger partial charge on any atom is 0.416 e. The monoisotopic (exact) mass is 499 g/mol. The molecule has 1 N–H and O–H groups in total. The number of anilines is 1. The Morgan fingerprint density at radius 2 is 1.64 bits per heavy atom. The highest BCUT2D eigenvalue weighted by molar-refractivity contribution is 5.92. The lowest BCUT2D eigenvalue weighted by atomic mass is 10.2. The molecule has 1 aromatic heterocycles. The molecular formula is C25H20F3N3O5. The third-order valence-corrected chi connectivity index (χ3v) is 5.45. The highest BCUT2D eigenvalue weighted by atomic mass is 19.4. The number of alkyl halides is 3. The summed E-state index contributed by atoms with van der Waals surface area (Å²) in [5.41, 5.74) is -2.51. The van der Waals surface area contributed by atoms with Crippen LogP contribution < -0.4 is 26.0 Å². The van der Waals surface area contributed by atoms with Crippen LogP contribution in [0.2, 0.25) is 0 Å². The first kappa shape index (κ1) is 24.6. The van der Waals surface area contributed by atoms with Crippen LogP contribution in [0.5, 0.6) is 11.5 Å². The quantitative estimate of drug-likeness (QED) is 0.436. The lowest BCUT2D eigenvalue weighted by Gasteiger charge is -2.15. The van der Waals surface area contributed by atoms with Gasteiger partial charge in [0.25, 0.3) is 5.56 Å². The summed E-state index contributed by atoms with van der Waals surface area (Å²) in [4.78, 5) is 39.3. The van der Waals surface area contributed by atoms with E-state index in [1.165, 1.54) is 38.5 Å². The molecule has 0 atom stereocenters. The predicted octanol–water partition coefficient (Wildman–Crippen LogP) is 3.83. The summed E-state index contributed by atoms with van der Waals surface area (Å²) >= 11 is 0. The van der Waals surface area contributed by atoms with E-state index < -0.39 is 35.4 Å². The number of benzene rings is 3. The van der Waals surface area contributed by atoms with Gasteiger partial charge in [-0.15, -0.1) is 0 Å². The molecule has 1 amide bonds. The van der Waals surface area contributed by atoms with Crippen LogP contribution in [0.25, 0.3) is 16.6 Å². The molecule has 0 bridgehead atoms. The second-order valence-electron chi connectivity index (χ2n) is 7.69. The number of para-hydroxylation sites is 1. The number of nitrogens with zero attached hydrogens (tertiary/aromatic N) is 2. The van der Waals surface area contributed by atoms with Crippen LogP contribution in [-0.2, 0) is 17.5 Å². The Kier molecular flexibility index (Phi) is 6.56.